The number of carbonyl (C=O) groups excluding carboxylic acids is 2. The van der Waals surface area contributed by atoms with Crippen molar-refractivity contribution in [1.29, 1.82) is 0 Å². The largest absolute Gasteiger partial charge is 0.494 e. The second-order valence-electron chi connectivity index (χ2n) is 9.93. The summed E-state index contributed by atoms with van der Waals surface area (Å²) in [4.78, 5) is 28.6. The average Bonchev–Trinajstić information content (AvgIpc) is 2.93. The quantitative estimate of drug-likeness (QED) is 0.304. The third-order valence-electron chi connectivity index (χ3n) is 6.54. The number of carbonyl (C=O) groups is 2. The molecule has 10 heteroatoms. The Hall–Kier alpha value is -3.92. The molecule has 220 valence electrons. The van der Waals surface area contributed by atoms with Crippen LogP contribution in [0.25, 0.3) is 0 Å². The van der Waals surface area contributed by atoms with Gasteiger partial charge >= 0.3 is 0 Å². The van der Waals surface area contributed by atoms with Crippen molar-refractivity contribution in [3.05, 3.63) is 89.7 Å². The minimum Gasteiger partial charge on any atom is -0.494 e. The molecule has 0 bridgehead atoms. The maximum Gasteiger partial charge on any atom is 0.264 e. The van der Waals surface area contributed by atoms with E-state index in [2.05, 4.69) is 5.32 Å². The van der Waals surface area contributed by atoms with Gasteiger partial charge in [-0.15, -0.1) is 0 Å². The lowest BCUT2D eigenvalue weighted by Crippen LogP contribution is -2.53. The molecular formula is C31H38FN3O5S. The zero-order chi connectivity index (χ0) is 30.2. The predicted molar refractivity (Wildman–Crippen MR) is 158 cm³/mol. The lowest BCUT2D eigenvalue weighted by atomic mass is 10.1. The lowest BCUT2D eigenvalue weighted by Gasteiger charge is -2.34. The number of nitrogens with zero attached hydrogens (tertiary/aromatic N) is 2. The molecule has 2 amide bonds. The number of amides is 2. The molecule has 0 unspecified atom stereocenters. The van der Waals surface area contributed by atoms with Crippen LogP contribution in [0, 0.1) is 12.7 Å². The van der Waals surface area contributed by atoms with Crippen molar-refractivity contribution in [3.8, 4) is 5.75 Å². The lowest BCUT2D eigenvalue weighted by molar-refractivity contribution is -0.140. The second-order valence-corrected chi connectivity index (χ2v) is 11.8. The Kier molecular flexibility index (Phi) is 10.9. The van der Waals surface area contributed by atoms with Crippen LogP contribution < -0.4 is 14.4 Å². The van der Waals surface area contributed by atoms with E-state index in [1.54, 1.807) is 24.3 Å². The van der Waals surface area contributed by atoms with Crippen LogP contribution in [-0.2, 0) is 26.2 Å². The highest BCUT2D eigenvalue weighted by Gasteiger charge is 2.34. The van der Waals surface area contributed by atoms with Gasteiger partial charge in [0.2, 0.25) is 11.8 Å². The summed E-state index contributed by atoms with van der Waals surface area (Å²) in [6, 6.07) is 17.3. The molecule has 0 spiro atoms. The van der Waals surface area contributed by atoms with Crippen molar-refractivity contribution in [1.82, 2.24) is 10.2 Å². The van der Waals surface area contributed by atoms with Gasteiger partial charge in [-0.3, -0.25) is 13.9 Å². The summed E-state index contributed by atoms with van der Waals surface area (Å²) < 4.78 is 47.9. The van der Waals surface area contributed by atoms with Crippen LogP contribution in [0.3, 0.4) is 0 Å². The first-order valence-corrected chi connectivity index (χ1v) is 15.1. The fraction of sp³-hybridized carbons (Fsp3) is 0.355. The molecule has 0 radical (unpaired) electrons. The topological polar surface area (TPSA) is 96.0 Å². The van der Waals surface area contributed by atoms with Gasteiger partial charge in [-0.2, -0.15) is 0 Å². The Bertz CT molecular complexity index is 1430. The highest BCUT2D eigenvalue weighted by Crippen LogP contribution is 2.27. The van der Waals surface area contributed by atoms with Crippen LogP contribution in [0.15, 0.2) is 77.7 Å². The van der Waals surface area contributed by atoms with E-state index in [0.29, 0.717) is 18.8 Å². The minimum absolute atomic E-state index is 0.114. The molecule has 0 fully saturated rings. The van der Waals surface area contributed by atoms with Crippen molar-refractivity contribution in [2.24, 2.45) is 0 Å². The number of nitrogens with one attached hydrogen (secondary N) is 1. The summed E-state index contributed by atoms with van der Waals surface area (Å²) in [5.74, 6) is -0.921. The molecule has 1 N–H and O–H groups in total. The smallest absolute Gasteiger partial charge is 0.264 e. The van der Waals surface area contributed by atoms with Crippen molar-refractivity contribution in [3.63, 3.8) is 0 Å². The van der Waals surface area contributed by atoms with Crippen LogP contribution in [-0.4, -0.2) is 50.4 Å². The first-order valence-electron chi connectivity index (χ1n) is 13.6. The van der Waals surface area contributed by atoms with E-state index < -0.39 is 34.3 Å². The Morgan fingerprint density at radius 3 is 2.15 bits per heavy atom. The molecule has 0 aliphatic heterocycles. The normalized spacial score (nSPS) is 12.1. The van der Waals surface area contributed by atoms with Crippen LogP contribution in [0.5, 0.6) is 5.75 Å². The monoisotopic (exact) mass is 583 g/mol. The van der Waals surface area contributed by atoms with Gasteiger partial charge in [0.25, 0.3) is 10.0 Å². The summed E-state index contributed by atoms with van der Waals surface area (Å²) in [7, 11) is -4.30. The number of aryl methyl sites for hydroxylation is 1. The summed E-state index contributed by atoms with van der Waals surface area (Å²) in [6.45, 7) is 9.19. The van der Waals surface area contributed by atoms with E-state index in [0.717, 1.165) is 39.7 Å². The Morgan fingerprint density at radius 1 is 0.951 bits per heavy atom. The SMILES string of the molecule is CCOc1ccc(N(CC(=O)N(Cc2ccccc2C)[C@H](CC)C(=O)NC(C)C)S(=O)(=O)c2ccc(F)cc2)cc1. The van der Waals surface area contributed by atoms with Crippen LogP contribution in [0.2, 0.25) is 0 Å². The van der Waals surface area contributed by atoms with E-state index in [1.165, 1.54) is 4.90 Å². The number of rotatable bonds is 13. The van der Waals surface area contributed by atoms with Crippen molar-refractivity contribution in [2.75, 3.05) is 17.5 Å². The number of hydrogen-bond acceptors (Lipinski definition) is 5. The van der Waals surface area contributed by atoms with E-state index in [4.69, 9.17) is 4.74 Å². The molecule has 0 heterocycles. The number of halogens is 1. The highest BCUT2D eigenvalue weighted by atomic mass is 32.2. The molecule has 0 aliphatic carbocycles. The van der Waals surface area contributed by atoms with Gasteiger partial charge in [0, 0.05) is 12.6 Å². The second kappa shape index (κ2) is 14.1. The van der Waals surface area contributed by atoms with Gasteiger partial charge in [-0.25, -0.2) is 12.8 Å². The molecule has 3 aromatic rings. The van der Waals surface area contributed by atoms with Crippen molar-refractivity contribution >= 4 is 27.5 Å². The molecule has 0 saturated heterocycles. The molecule has 0 aliphatic rings. The van der Waals surface area contributed by atoms with E-state index in [-0.39, 0.29) is 29.1 Å². The summed E-state index contributed by atoms with van der Waals surface area (Å²) in [6.07, 6.45) is 0.323. The van der Waals surface area contributed by atoms with Crippen LogP contribution in [0.4, 0.5) is 10.1 Å². The number of anilines is 1. The summed E-state index contributed by atoms with van der Waals surface area (Å²) >= 11 is 0. The maximum atomic E-state index is 14.1. The number of benzene rings is 3. The minimum atomic E-state index is -4.30. The Labute approximate surface area is 242 Å². The molecule has 8 nitrogen and oxygen atoms in total. The Morgan fingerprint density at radius 2 is 1.59 bits per heavy atom. The zero-order valence-corrected chi connectivity index (χ0v) is 24.9. The molecule has 41 heavy (non-hydrogen) atoms. The number of hydrogen-bond donors (Lipinski definition) is 1. The maximum absolute atomic E-state index is 14.1. The molecule has 1 atom stereocenters. The van der Waals surface area contributed by atoms with Gasteiger partial charge in [0.1, 0.15) is 24.2 Å². The fourth-order valence-corrected chi connectivity index (χ4v) is 5.82. The van der Waals surface area contributed by atoms with E-state index >= 15 is 0 Å². The molecule has 0 aromatic heterocycles. The van der Waals surface area contributed by atoms with E-state index in [9.17, 15) is 22.4 Å². The van der Waals surface area contributed by atoms with Gasteiger partial charge in [0.05, 0.1) is 17.2 Å². The predicted octanol–water partition coefficient (Wildman–Crippen LogP) is 5.06. The van der Waals surface area contributed by atoms with E-state index in [1.807, 2.05) is 58.9 Å². The molecular weight excluding hydrogens is 545 g/mol. The Balaban J connectivity index is 2.07. The molecule has 3 aromatic carbocycles. The van der Waals surface area contributed by atoms with Gasteiger partial charge in [-0.05, 0) is 93.8 Å². The van der Waals surface area contributed by atoms with Crippen molar-refractivity contribution < 1.29 is 27.1 Å². The first kappa shape index (κ1) is 31.6. The van der Waals surface area contributed by atoms with Crippen molar-refractivity contribution in [2.45, 2.75) is 64.6 Å². The average molecular weight is 584 g/mol. The highest BCUT2D eigenvalue weighted by molar-refractivity contribution is 7.92. The van der Waals surface area contributed by atoms with Crippen LogP contribution >= 0.6 is 0 Å². The fourth-order valence-electron chi connectivity index (χ4n) is 4.41. The van der Waals surface area contributed by atoms with Gasteiger partial charge in [0.15, 0.2) is 0 Å². The first-order chi connectivity index (χ1) is 19.5. The van der Waals surface area contributed by atoms with Crippen LogP contribution in [0.1, 0.15) is 45.2 Å². The third kappa shape index (κ3) is 8.07. The molecule has 0 saturated carbocycles. The zero-order valence-electron chi connectivity index (χ0n) is 24.1. The summed E-state index contributed by atoms with van der Waals surface area (Å²) in [5, 5.41) is 2.88. The summed E-state index contributed by atoms with van der Waals surface area (Å²) in [5.41, 5.74) is 2.00. The molecule has 3 rings (SSSR count). The number of ether oxygens (including phenoxy) is 1. The van der Waals surface area contributed by atoms with Gasteiger partial charge in [-0.1, -0.05) is 31.2 Å². The standard InChI is InChI=1S/C31H38FN3O5S/c1-6-29(31(37)33-22(3)4)34(20-24-11-9-8-10-23(24)5)30(36)21-35(26-14-16-27(17-15-26)40-7-2)41(38,39)28-18-12-25(32)13-19-28/h8-19,22,29H,6-7,20-21H2,1-5H3,(H,33,37)/t29-/m1/s1. The number of sulfonamides is 1. The van der Waals surface area contributed by atoms with Gasteiger partial charge < -0.3 is 15.0 Å². The third-order valence-corrected chi connectivity index (χ3v) is 8.32.